The number of hydrogen-bond donors (Lipinski definition) is 2. The van der Waals surface area contributed by atoms with Gasteiger partial charge < -0.3 is 19.9 Å². The zero-order valence-corrected chi connectivity index (χ0v) is 12.4. The largest absolute Gasteiger partial charge is 0.497 e. The van der Waals surface area contributed by atoms with E-state index in [2.05, 4.69) is 5.32 Å². The van der Waals surface area contributed by atoms with E-state index < -0.39 is 6.10 Å². The molecule has 2 aromatic carbocycles. The molecule has 0 amide bonds. The second-order valence-electron chi connectivity index (χ2n) is 4.74. The smallest absolute Gasteiger partial charge is 0.124 e. The number of aliphatic hydroxyl groups excluding tert-OH is 1. The zero-order valence-electron chi connectivity index (χ0n) is 12.4. The Balaban J connectivity index is 2.05. The summed E-state index contributed by atoms with van der Waals surface area (Å²) in [5.74, 6) is 1.54. The van der Waals surface area contributed by atoms with Crippen LogP contribution in [0.1, 0.15) is 17.2 Å². The molecule has 1 unspecified atom stereocenters. The molecule has 2 rings (SSSR count). The van der Waals surface area contributed by atoms with Gasteiger partial charge in [-0.1, -0.05) is 30.3 Å². The van der Waals surface area contributed by atoms with Crippen LogP contribution in [0.3, 0.4) is 0 Å². The van der Waals surface area contributed by atoms with Crippen molar-refractivity contribution in [2.24, 2.45) is 0 Å². The van der Waals surface area contributed by atoms with Gasteiger partial charge in [0.2, 0.25) is 0 Å². The molecule has 2 aromatic rings. The van der Waals surface area contributed by atoms with Crippen molar-refractivity contribution in [3.8, 4) is 11.5 Å². The van der Waals surface area contributed by atoms with Crippen molar-refractivity contribution in [3.05, 3.63) is 59.7 Å². The summed E-state index contributed by atoms with van der Waals surface area (Å²) < 4.78 is 11.0. The van der Waals surface area contributed by atoms with Crippen LogP contribution in [0.2, 0.25) is 0 Å². The summed E-state index contributed by atoms with van der Waals surface area (Å²) in [5.41, 5.74) is 1.85. The lowest BCUT2D eigenvalue weighted by Crippen LogP contribution is -2.12. The Morgan fingerprint density at radius 2 is 1.90 bits per heavy atom. The predicted molar refractivity (Wildman–Crippen MR) is 82.7 cm³/mol. The van der Waals surface area contributed by atoms with Gasteiger partial charge in [0.1, 0.15) is 24.2 Å². The maximum atomic E-state index is 10.1. The van der Waals surface area contributed by atoms with Crippen LogP contribution in [0.15, 0.2) is 48.5 Å². The fraction of sp³-hybridized carbons (Fsp3) is 0.294. The number of nitrogens with one attached hydrogen (secondary N) is 1. The Bertz CT molecular complexity index is 557. The first-order valence-corrected chi connectivity index (χ1v) is 6.92. The van der Waals surface area contributed by atoms with Crippen molar-refractivity contribution in [1.82, 2.24) is 5.32 Å². The molecule has 0 fully saturated rings. The molecule has 1 atom stereocenters. The molecule has 0 heterocycles. The van der Waals surface area contributed by atoms with Crippen molar-refractivity contribution in [3.63, 3.8) is 0 Å². The summed E-state index contributed by atoms with van der Waals surface area (Å²) in [6, 6.07) is 15.1. The van der Waals surface area contributed by atoms with Crippen LogP contribution in [0.4, 0.5) is 0 Å². The normalized spacial score (nSPS) is 12.0. The number of hydrogen-bond acceptors (Lipinski definition) is 4. The van der Waals surface area contributed by atoms with Gasteiger partial charge in [0.15, 0.2) is 0 Å². The molecular formula is C17H21NO3. The molecule has 4 heteroatoms. The van der Waals surface area contributed by atoms with E-state index in [0.717, 1.165) is 22.6 Å². The highest BCUT2D eigenvalue weighted by Gasteiger charge is 2.10. The van der Waals surface area contributed by atoms with Crippen molar-refractivity contribution >= 4 is 0 Å². The van der Waals surface area contributed by atoms with Gasteiger partial charge in [-0.15, -0.1) is 0 Å². The highest BCUT2D eigenvalue weighted by atomic mass is 16.5. The van der Waals surface area contributed by atoms with Crippen LogP contribution < -0.4 is 14.8 Å². The number of benzene rings is 2. The number of methoxy groups -OCH3 is 1. The van der Waals surface area contributed by atoms with Crippen LogP contribution in [0.5, 0.6) is 11.5 Å². The van der Waals surface area contributed by atoms with Crippen LogP contribution in [0, 0.1) is 0 Å². The van der Waals surface area contributed by atoms with Crippen LogP contribution >= 0.6 is 0 Å². The number of ether oxygens (including phenoxy) is 2. The standard InChI is InChI=1S/C17H21NO3/c1-18-11-14-10-15(20-2)8-9-17(14)21-12-16(19)13-6-4-3-5-7-13/h3-10,16,18-19H,11-12H2,1-2H3. The van der Waals surface area contributed by atoms with E-state index in [4.69, 9.17) is 9.47 Å². The van der Waals surface area contributed by atoms with E-state index in [1.54, 1.807) is 7.11 Å². The monoisotopic (exact) mass is 287 g/mol. The second-order valence-corrected chi connectivity index (χ2v) is 4.74. The fourth-order valence-electron chi connectivity index (χ4n) is 2.09. The van der Waals surface area contributed by atoms with Gasteiger partial charge in [0.25, 0.3) is 0 Å². The van der Waals surface area contributed by atoms with Gasteiger partial charge in [-0.3, -0.25) is 0 Å². The van der Waals surface area contributed by atoms with Gasteiger partial charge in [0.05, 0.1) is 7.11 Å². The molecule has 0 saturated carbocycles. The number of aliphatic hydroxyl groups is 1. The lowest BCUT2D eigenvalue weighted by atomic mass is 10.1. The maximum Gasteiger partial charge on any atom is 0.124 e. The van der Waals surface area contributed by atoms with Crippen molar-refractivity contribution in [2.45, 2.75) is 12.6 Å². The van der Waals surface area contributed by atoms with E-state index >= 15 is 0 Å². The van der Waals surface area contributed by atoms with E-state index in [1.807, 2.05) is 55.6 Å². The Labute approximate surface area is 125 Å². The van der Waals surface area contributed by atoms with E-state index in [0.29, 0.717) is 6.54 Å². The first-order valence-electron chi connectivity index (χ1n) is 6.92. The molecule has 0 aliphatic carbocycles. The molecule has 0 aliphatic rings. The third-order valence-corrected chi connectivity index (χ3v) is 3.22. The maximum absolute atomic E-state index is 10.1. The molecule has 0 aromatic heterocycles. The summed E-state index contributed by atoms with van der Waals surface area (Å²) in [7, 11) is 3.51. The number of rotatable bonds is 7. The highest BCUT2D eigenvalue weighted by molar-refractivity contribution is 5.40. The van der Waals surface area contributed by atoms with Gasteiger partial charge in [0, 0.05) is 12.1 Å². The lowest BCUT2D eigenvalue weighted by molar-refractivity contribution is 0.107. The Morgan fingerprint density at radius 1 is 1.14 bits per heavy atom. The predicted octanol–water partition coefficient (Wildman–Crippen LogP) is 2.53. The molecule has 112 valence electrons. The molecule has 0 bridgehead atoms. The molecule has 0 radical (unpaired) electrons. The van der Waals surface area contributed by atoms with Crippen molar-refractivity contribution in [1.29, 1.82) is 0 Å². The molecule has 0 spiro atoms. The molecular weight excluding hydrogens is 266 g/mol. The Kier molecular flexibility index (Phi) is 5.60. The molecule has 0 aliphatic heterocycles. The first kappa shape index (κ1) is 15.4. The minimum atomic E-state index is -0.643. The summed E-state index contributed by atoms with van der Waals surface area (Å²) in [4.78, 5) is 0. The molecule has 2 N–H and O–H groups in total. The quantitative estimate of drug-likeness (QED) is 0.821. The molecule has 0 saturated heterocycles. The molecule has 4 nitrogen and oxygen atoms in total. The molecule has 21 heavy (non-hydrogen) atoms. The van der Waals surface area contributed by atoms with Gasteiger partial charge in [-0.25, -0.2) is 0 Å². The van der Waals surface area contributed by atoms with Crippen molar-refractivity contribution in [2.75, 3.05) is 20.8 Å². The lowest BCUT2D eigenvalue weighted by Gasteiger charge is -2.16. The van der Waals surface area contributed by atoms with Gasteiger partial charge >= 0.3 is 0 Å². The van der Waals surface area contributed by atoms with Crippen LogP contribution in [-0.2, 0) is 6.54 Å². The Hall–Kier alpha value is -2.04. The minimum Gasteiger partial charge on any atom is -0.497 e. The third-order valence-electron chi connectivity index (χ3n) is 3.22. The van der Waals surface area contributed by atoms with E-state index in [1.165, 1.54) is 0 Å². The van der Waals surface area contributed by atoms with Gasteiger partial charge in [-0.2, -0.15) is 0 Å². The summed E-state index contributed by atoms with van der Waals surface area (Å²) in [5, 5.41) is 13.2. The highest BCUT2D eigenvalue weighted by Crippen LogP contribution is 2.25. The topological polar surface area (TPSA) is 50.7 Å². The average Bonchev–Trinajstić information content (AvgIpc) is 2.54. The van der Waals surface area contributed by atoms with Gasteiger partial charge in [-0.05, 0) is 30.8 Å². The van der Waals surface area contributed by atoms with Crippen LogP contribution in [0.25, 0.3) is 0 Å². The Morgan fingerprint density at radius 3 is 2.57 bits per heavy atom. The van der Waals surface area contributed by atoms with E-state index in [-0.39, 0.29) is 6.61 Å². The summed E-state index contributed by atoms with van der Waals surface area (Å²) >= 11 is 0. The summed E-state index contributed by atoms with van der Waals surface area (Å²) in [6.45, 7) is 0.890. The van der Waals surface area contributed by atoms with Crippen LogP contribution in [-0.4, -0.2) is 25.9 Å². The fourth-order valence-corrected chi connectivity index (χ4v) is 2.09. The third kappa shape index (κ3) is 4.21. The average molecular weight is 287 g/mol. The zero-order chi connectivity index (χ0) is 15.1. The SMILES string of the molecule is CNCc1cc(OC)ccc1OCC(O)c1ccccc1. The summed E-state index contributed by atoms with van der Waals surface area (Å²) in [6.07, 6.45) is -0.643. The minimum absolute atomic E-state index is 0.215. The van der Waals surface area contributed by atoms with Crippen molar-refractivity contribution < 1.29 is 14.6 Å². The second kappa shape index (κ2) is 7.67. The van der Waals surface area contributed by atoms with E-state index in [9.17, 15) is 5.11 Å². The first-order chi connectivity index (χ1) is 10.2.